The van der Waals surface area contributed by atoms with Gasteiger partial charge in [0.15, 0.2) is 0 Å². The highest BCUT2D eigenvalue weighted by Crippen LogP contribution is 2.34. The minimum atomic E-state index is -4.60. The molecule has 6 aromatic carbocycles. The molecule has 10 rings (SSSR count). The van der Waals surface area contributed by atoms with Crippen molar-refractivity contribution >= 4 is 56.9 Å². The number of aromatic nitrogens is 4. The lowest BCUT2D eigenvalue weighted by atomic mass is 10.2. The minimum Gasteiger partial charge on any atom is -0.497 e. The van der Waals surface area contributed by atoms with Crippen molar-refractivity contribution in [2.75, 3.05) is 80.4 Å². The zero-order valence-electron chi connectivity index (χ0n) is 40.0. The van der Waals surface area contributed by atoms with Crippen molar-refractivity contribution in [2.24, 2.45) is 0 Å². The normalized spacial score (nSPS) is 14.3. The molecule has 8 aromatic rings. The number of anilines is 4. The number of hydrogen-bond donors (Lipinski definition) is 2. The van der Waals surface area contributed by atoms with E-state index in [9.17, 15) is 22.8 Å². The van der Waals surface area contributed by atoms with E-state index in [4.69, 9.17) is 33.7 Å². The van der Waals surface area contributed by atoms with Crippen LogP contribution >= 0.6 is 0 Å². The molecule has 2 aliphatic rings. The van der Waals surface area contributed by atoms with Crippen molar-refractivity contribution < 1.29 is 46.4 Å². The lowest BCUT2D eigenvalue weighted by Gasteiger charge is -2.35. The number of nitrogens with zero attached hydrogens (tertiary/aromatic N) is 8. The van der Waals surface area contributed by atoms with Crippen LogP contribution in [-0.2, 0) is 28.7 Å². The molecule has 2 saturated heterocycles. The summed E-state index contributed by atoms with van der Waals surface area (Å²) in [4.78, 5) is 52.7. The van der Waals surface area contributed by atoms with E-state index in [0.29, 0.717) is 90.5 Å². The smallest absolute Gasteiger partial charge is 0.416 e. The molecule has 0 aliphatic carbocycles. The monoisotopic (exact) mass is 1010 g/mol. The summed E-state index contributed by atoms with van der Waals surface area (Å²) in [7, 11) is 1.49. The number of hydrazine groups is 1. The van der Waals surface area contributed by atoms with Crippen molar-refractivity contribution in [2.45, 2.75) is 19.3 Å². The first-order valence-corrected chi connectivity index (χ1v) is 23.7. The number of carbonyl (C=O) groups excluding carboxylic acids is 2. The zero-order chi connectivity index (χ0) is 51.0. The van der Waals surface area contributed by atoms with Crippen molar-refractivity contribution in [3.63, 3.8) is 0 Å². The Morgan fingerprint density at radius 1 is 0.541 bits per heavy atom. The second-order valence-electron chi connectivity index (χ2n) is 17.3. The fraction of sp³-hybridized carbons (Fsp3) is 0.222. The van der Waals surface area contributed by atoms with Crippen LogP contribution in [0.15, 0.2) is 146 Å². The highest BCUT2D eigenvalue weighted by molar-refractivity contribution is 6.13. The SMILES string of the molecule is COc1ccc(N(C(=O)Nc2ccc(Oc3ccc4ncc(CN5CCOCC5)nc4c3)cc2)N(C(=O)Nc2ccc(C(F)(F)F)cc2)c2ccc(Oc3ccc4ncc(CN5CCOCC5)nc4c3)cc2)cc1. The maximum Gasteiger partial charge on any atom is 0.416 e. The van der Waals surface area contributed by atoms with E-state index < -0.39 is 23.8 Å². The fourth-order valence-electron chi connectivity index (χ4n) is 8.32. The number of morpholine rings is 2. The van der Waals surface area contributed by atoms with Crippen LogP contribution in [-0.4, -0.2) is 102 Å². The molecule has 0 radical (unpaired) electrons. The second-order valence-corrected chi connectivity index (χ2v) is 17.3. The van der Waals surface area contributed by atoms with Crippen LogP contribution < -0.4 is 34.9 Å². The molecule has 0 bridgehead atoms. The predicted molar refractivity (Wildman–Crippen MR) is 272 cm³/mol. The number of hydrogen-bond acceptors (Lipinski definition) is 13. The molecule has 74 heavy (non-hydrogen) atoms. The highest BCUT2D eigenvalue weighted by atomic mass is 19.4. The van der Waals surface area contributed by atoms with Crippen molar-refractivity contribution in [3.8, 4) is 28.7 Å². The number of ether oxygens (including phenoxy) is 5. The molecule has 20 heteroatoms. The average molecular weight is 1010 g/mol. The molecular weight excluding hydrogens is 958 g/mol. The minimum absolute atomic E-state index is 0.0398. The molecule has 4 heterocycles. The number of carbonyl (C=O) groups is 2. The Kier molecular flexibility index (Phi) is 14.7. The van der Waals surface area contributed by atoms with Crippen LogP contribution in [0.5, 0.6) is 28.7 Å². The Morgan fingerprint density at radius 2 is 0.932 bits per heavy atom. The maximum absolute atomic E-state index is 14.7. The largest absolute Gasteiger partial charge is 0.497 e. The van der Waals surface area contributed by atoms with E-state index in [1.54, 1.807) is 103 Å². The van der Waals surface area contributed by atoms with Gasteiger partial charge in [-0.25, -0.2) is 19.6 Å². The van der Waals surface area contributed by atoms with Crippen molar-refractivity contribution in [1.82, 2.24) is 29.7 Å². The standard InChI is InChI=1S/C54H49F3N10O7/c1-70-43-14-8-41(9-15-43)66(53(69)63-38-6-12-44(13-7-38)73-46-18-20-48-50(30-46)60-39(32-58-48)34-64-22-26-71-27-23-64)67(52(68)62-37-4-2-36(3-5-37)54(55,56)57)42-10-16-45(17-11-42)74-47-19-21-49-51(31-47)61-40(33-59-49)35-65-24-28-72-29-25-65/h2-21,30-33H,22-29,34-35H2,1H3,(H,62,68)(H,63,69). The van der Waals surface area contributed by atoms with E-state index in [1.807, 2.05) is 18.2 Å². The zero-order valence-corrected chi connectivity index (χ0v) is 40.0. The van der Waals surface area contributed by atoms with Crippen LogP contribution in [0.4, 0.5) is 45.5 Å². The molecule has 4 amide bonds. The van der Waals surface area contributed by atoms with Crippen LogP contribution in [0.25, 0.3) is 22.1 Å². The van der Waals surface area contributed by atoms with Gasteiger partial charge in [-0.15, -0.1) is 0 Å². The number of amides is 4. The Hall–Kier alpha value is -8.43. The van der Waals surface area contributed by atoms with Gasteiger partial charge in [-0.05, 0) is 121 Å². The van der Waals surface area contributed by atoms with Crippen LogP contribution in [0.2, 0.25) is 0 Å². The molecule has 0 saturated carbocycles. The van der Waals surface area contributed by atoms with Gasteiger partial charge >= 0.3 is 18.2 Å². The summed E-state index contributed by atoms with van der Waals surface area (Å²) in [6.07, 6.45) is -1.05. The molecular formula is C54H49F3N10O7. The summed E-state index contributed by atoms with van der Waals surface area (Å²) in [5.74, 6) is 2.35. The first-order valence-electron chi connectivity index (χ1n) is 23.7. The number of nitrogens with one attached hydrogen (secondary N) is 2. The molecule has 2 aromatic heterocycles. The van der Waals surface area contributed by atoms with Gasteiger partial charge < -0.3 is 34.3 Å². The van der Waals surface area contributed by atoms with Gasteiger partial charge in [0.2, 0.25) is 0 Å². The Morgan fingerprint density at radius 3 is 1.35 bits per heavy atom. The van der Waals surface area contributed by atoms with Gasteiger partial charge in [0.1, 0.15) is 28.7 Å². The molecule has 378 valence electrons. The number of methoxy groups -OCH3 is 1. The highest BCUT2D eigenvalue weighted by Gasteiger charge is 2.32. The van der Waals surface area contributed by atoms with Gasteiger partial charge in [0.05, 0.1) is 96.3 Å². The number of halogens is 3. The third kappa shape index (κ3) is 12.1. The van der Waals surface area contributed by atoms with Crippen LogP contribution in [0.3, 0.4) is 0 Å². The summed E-state index contributed by atoms with van der Waals surface area (Å²) in [5.41, 5.74) is 4.29. The second kappa shape index (κ2) is 22.1. The lowest BCUT2D eigenvalue weighted by Crippen LogP contribution is -2.53. The van der Waals surface area contributed by atoms with Crippen LogP contribution in [0, 0.1) is 0 Å². The molecule has 17 nitrogen and oxygen atoms in total. The van der Waals surface area contributed by atoms with Crippen molar-refractivity contribution in [3.05, 3.63) is 163 Å². The van der Waals surface area contributed by atoms with Crippen molar-refractivity contribution in [1.29, 1.82) is 0 Å². The summed E-state index contributed by atoms with van der Waals surface area (Å²) in [6, 6.07) is 32.6. The fourth-order valence-corrected chi connectivity index (χ4v) is 8.32. The molecule has 0 unspecified atom stereocenters. The van der Waals surface area contributed by atoms with Gasteiger partial charge in [0.25, 0.3) is 0 Å². The Labute approximate surface area is 423 Å². The number of alkyl halides is 3. The van der Waals surface area contributed by atoms with Gasteiger partial charge in [-0.1, -0.05) is 0 Å². The third-order valence-corrected chi connectivity index (χ3v) is 12.1. The molecule has 2 N–H and O–H groups in total. The number of fused-ring (bicyclic) bond motifs is 2. The number of urea groups is 2. The topological polar surface area (TPSA) is 169 Å². The molecule has 0 atom stereocenters. The molecule has 2 aliphatic heterocycles. The Balaban J connectivity index is 0.908. The summed E-state index contributed by atoms with van der Waals surface area (Å²) in [6.45, 7) is 7.25. The maximum atomic E-state index is 14.7. The summed E-state index contributed by atoms with van der Waals surface area (Å²) >= 11 is 0. The average Bonchev–Trinajstić information content (AvgIpc) is 3.41. The summed E-state index contributed by atoms with van der Waals surface area (Å²) < 4.78 is 69.4. The van der Waals surface area contributed by atoms with Crippen LogP contribution in [0.1, 0.15) is 17.0 Å². The van der Waals surface area contributed by atoms with E-state index in [0.717, 1.165) is 77.4 Å². The Bertz CT molecular complexity index is 3230. The summed E-state index contributed by atoms with van der Waals surface area (Å²) in [5, 5.41) is 7.70. The lowest BCUT2D eigenvalue weighted by molar-refractivity contribution is -0.137. The first-order chi connectivity index (χ1) is 36.0. The first kappa shape index (κ1) is 49.2. The quantitative estimate of drug-likeness (QED) is 0.105. The third-order valence-electron chi connectivity index (χ3n) is 12.1. The van der Waals surface area contributed by atoms with E-state index in [1.165, 1.54) is 7.11 Å². The molecule has 0 spiro atoms. The van der Waals surface area contributed by atoms with E-state index in [2.05, 4.69) is 30.4 Å². The predicted octanol–water partition coefficient (Wildman–Crippen LogP) is 10.5. The van der Waals surface area contributed by atoms with Gasteiger partial charge in [-0.3, -0.25) is 19.8 Å². The van der Waals surface area contributed by atoms with E-state index in [-0.39, 0.29) is 17.1 Å². The van der Waals surface area contributed by atoms with Gasteiger partial charge in [-0.2, -0.15) is 23.2 Å². The molecule has 2 fully saturated rings. The number of benzene rings is 6. The van der Waals surface area contributed by atoms with Gasteiger partial charge in [0, 0.05) is 62.8 Å². The number of rotatable bonds is 13. The van der Waals surface area contributed by atoms with E-state index >= 15 is 0 Å².